The highest BCUT2D eigenvalue weighted by molar-refractivity contribution is 7.80. The number of aromatic nitrogens is 1. The average molecular weight is 364 g/mol. The molecule has 8 heteroatoms. The van der Waals surface area contributed by atoms with E-state index in [1.54, 1.807) is 18.3 Å². The van der Waals surface area contributed by atoms with E-state index < -0.39 is 9.75 Å². The smallest absolute Gasteiger partial charge is 0.235 e. The molecule has 4 nitrogen and oxygen atoms in total. The zero-order chi connectivity index (χ0) is 15.3. The molecule has 3 rings (SSSR count). The number of nitrogens with zero attached hydrogens (tertiary/aromatic N) is 1. The van der Waals surface area contributed by atoms with Gasteiger partial charge in [0.25, 0.3) is 0 Å². The minimum atomic E-state index is -0.993. The van der Waals surface area contributed by atoms with Gasteiger partial charge >= 0.3 is 0 Å². The van der Waals surface area contributed by atoms with Gasteiger partial charge in [0.15, 0.2) is 10.2 Å². The first-order chi connectivity index (χ1) is 9.82. The van der Waals surface area contributed by atoms with Crippen molar-refractivity contribution in [3.05, 3.63) is 10.6 Å². The maximum absolute atomic E-state index is 12.1. The second-order valence-electron chi connectivity index (χ2n) is 5.72. The van der Waals surface area contributed by atoms with E-state index in [1.165, 1.54) is 17.7 Å². The standard InChI is InChI=1S/C13H15Cl2N3OS2/c1-12(6-13(12,14)15)9(19)17-10(20)18-11-16-7-4-2-3-5-8(7)21-11/h2-6H2,1H3,(H2,16,17,18,19,20)/t12-/m0/s1. The molecule has 1 heterocycles. The molecule has 0 spiro atoms. The minimum Gasteiger partial charge on any atom is -0.308 e. The Labute approximate surface area is 142 Å². The Kier molecular flexibility index (Phi) is 3.93. The maximum Gasteiger partial charge on any atom is 0.235 e. The van der Waals surface area contributed by atoms with Crippen molar-refractivity contribution in [2.75, 3.05) is 5.32 Å². The van der Waals surface area contributed by atoms with Gasteiger partial charge in [0.1, 0.15) is 4.33 Å². The highest BCUT2D eigenvalue weighted by atomic mass is 35.5. The molecule has 0 saturated heterocycles. The summed E-state index contributed by atoms with van der Waals surface area (Å²) in [6.07, 6.45) is 4.92. The zero-order valence-corrected chi connectivity index (χ0v) is 14.6. The quantitative estimate of drug-likeness (QED) is 0.624. The normalized spacial score (nSPS) is 25.9. The maximum atomic E-state index is 12.1. The van der Waals surface area contributed by atoms with E-state index in [-0.39, 0.29) is 11.0 Å². The Morgan fingerprint density at radius 1 is 1.38 bits per heavy atom. The number of thiocarbonyl (C=S) groups is 1. The number of thiazole rings is 1. The van der Waals surface area contributed by atoms with Crippen LogP contribution in [0.2, 0.25) is 0 Å². The average Bonchev–Trinajstić information content (AvgIpc) is 2.76. The molecule has 2 N–H and O–H groups in total. The Bertz CT molecular complexity index is 593. The lowest BCUT2D eigenvalue weighted by atomic mass is 10.0. The van der Waals surface area contributed by atoms with Crippen LogP contribution in [0.15, 0.2) is 0 Å². The summed E-state index contributed by atoms with van der Waals surface area (Å²) in [5.74, 6) is -0.258. The molecular formula is C13H15Cl2N3OS2. The summed E-state index contributed by atoms with van der Waals surface area (Å²) in [6, 6.07) is 0. The summed E-state index contributed by atoms with van der Waals surface area (Å²) in [4.78, 5) is 17.9. The molecule has 1 saturated carbocycles. The van der Waals surface area contributed by atoms with Gasteiger partial charge < -0.3 is 10.6 Å². The van der Waals surface area contributed by atoms with Crippen molar-refractivity contribution >= 4 is 62.9 Å². The molecule has 1 atom stereocenters. The molecular weight excluding hydrogens is 349 g/mol. The van der Waals surface area contributed by atoms with E-state index in [1.807, 2.05) is 0 Å². The van der Waals surface area contributed by atoms with Crippen LogP contribution in [0.3, 0.4) is 0 Å². The Hall–Kier alpha value is -0.430. The van der Waals surface area contributed by atoms with Crippen molar-refractivity contribution in [2.24, 2.45) is 5.41 Å². The van der Waals surface area contributed by atoms with Crippen molar-refractivity contribution in [1.29, 1.82) is 0 Å². The third kappa shape index (κ3) is 2.91. The second kappa shape index (κ2) is 5.33. The molecule has 0 radical (unpaired) electrons. The predicted molar refractivity (Wildman–Crippen MR) is 90.3 cm³/mol. The third-order valence-electron chi connectivity index (χ3n) is 4.05. The number of fused-ring (bicyclic) bond motifs is 1. The Morgan fingerprint density at radius 3 is 2.67 bits per heavy atom. The molecule has 0 bridgehead atoms. The molecule has 2 aliphatic rings. The molecule has 2 aliphatic carbocycles. The van der Waals surface area contributed by atoms with Crippen molar-refractivity contribution in [2.45, 2.75) is 43.4 Å². The largest absolute Gasteiger partial charge is 0.308 e. The molecule has 1 aromatic heterocycles. The molecule has 1 aromatic rings. The van der Waals surface area contributed by atoms with Crippen molar-refractivity contribution in [3.8, 4) is 0 Å². The highest BCUT2D eigenvalue weighted by Crippen LogP contribution is 2.63. The Balaban J connectivity index is 1.60. The molecule has 0 unspecified atom stereocenters. The third-order valence-corrected chi connectivity index (χ3v) is 6.43. The first kappa shape index (κ1) is 15.5. The monoisotopic (exact) mass is 363 g/mol. The zero-order valence-electron chi connectivity index (χ0n) is 11.5. The number of rotatable bonds is 2. The van der Waals surface area contributed by atoms with Crippen LogP contribution in [0.4, 0.5) is 5.13 Å². The second-order valence-corrected chi connectivity index (χ2v) is 8.69. The van der Waals surface area contributed by atoms with E-state index in [4.69, 9.17) is 35.4 Å². The summed E-state index contributed by atoms with van der Waals surface area (Å²) >= 11 is 18.7. The minimum absolute atomic E-state index is 0.239. The fourth-order valence-corrected chi connectivity index (χ4v) is 4.44. The number of aryl methyl sites for hydroxylation is 2. The van der Waals surface area contributed by atoms with Gasteiger partial charge in [-0.25, -0.2) is 4.98 Å². The van der Waals surface area contributed by atoms with Gasteiger partial charge in [-0.2, -0.15) is 0 Å². The van der Waals surface area contributed by atoms with E-state index in [0.717, 1.165) is 23.7 Å². The lowest BCUT2D eigenvalue weighted by Gasteiger charge is -2.13. The van der Waals surface area contributed by atoms with Gasteiger partial charge in [-0.15, -0.1) is 34.5 Å². The summed E-state index contributed by atoms with van der Waals surface area (Å²) in [5, 5.41) is 6.60. The van der Waals surface area contributed by atoms with E-state index >= 15 is 0 Å². The number of hydrogen-bond acceptors (Lipinski definition) is 4. The van der Waals surface area contributed by atoms with Gasteiger partial charge in [-0.3, -0.25) is 4.79 Å². The molecule has 0 aromatic carbocycles. The number of carbonyl (C=O) groups is 1. The van der Waals surface area contributed by atoms with Crippen LogP contribution in [0.5, 0.6) is 0 Å². The number of hydrogen-bond donors (Lipinski definition) is 2. The fraction of sp³-hybridized carbons (Fsp3) is 0.615. The van der Waals surface area contributed by atoms with Gasteiger partial charge in [0.05, 0.1) is 11.1 Å². The summed E-state index contributed by atoms with van der Waals surface area (Å²) in [6.45, 7) is 1.73. The summed E-state index contributed by atoms with van der Waals surface area (Å²) in [5.41, 5.74) is 0.377. The van der Waals surface area contributed by atoms with Gasteiger partial charge in [0.2, 0.25) is 5.91 Å². The van der Waals surface area contributed by atoms with Gasteiger partial charge in [-0.1, -0.05) is 0 Å². The van der Waals surface area contributed by atoms with Crippen LogP contribution in [0, 0.1) is 5.41 Å². The number of alkyl halides is 2. The van der Waals surface area contributed by atoms with E-state index in [9.17, 15) is 4.79 Å². The van der Waals surface area contributed by atoms with Crippen LogP contribution in [-0.4, -0.2) is 20.3 Å². The lowest BCUT2D eigenvalue weighted by molar-refractivity contribution is -0.124. The van der Waals surface area contributed by atoms with Crippen LogP contribution >= 0.6 is 46.8 Å². The summed E-state index contributed by atoms with van der Waals surface area (Å²) < 4.78 is -0.993. The molecule has 114 valence electrons. The van der Waals surface area contributed by atoms with Crippen LogP contribution in [-0.2, 0) is 17.6 Å². The van der Waals surface area contributed by atoms with Crippen molar-refractivity contribution < 1.29 is 4.79 Å². The Morgan fingerprint density at radius 2 is 2.05 bits per heavy atom. The molecule has 1 amide bonds. The van der Waals surface area contributed by atoms with Crippen LogP contribution < -0.4 is 10.6 Å². The molecule has 0 aliphatic heterocycles. The number of nitrogens with one attached hydrogen (secondary N) is 2. The number of carbonyl (C=O) groups excluding carboxylic acids is 1. The predicted octanol–water partition coefficient (Wildman–Crippen LogP) is 3.42. The fourth-order valence-electron chi connectivity index (χ4n) is 2.42. The van der Waals surface area contributed by atoms with Crippen molar-refractivity contribution in [1.82, 2.24) is 10.3 Å². The number of anilines is 1. The molecule has 21 heavy (non-hydrogen) atoms. The topological polar surface area (TPSA) is 54.0 Å². The first-order valence-corrected chi connectivity index (χ1v) is 8.79. The number of amides is 1. The van der Waals surface area contributed by atoms with Crippen LogP contribution in [0.1, 0.15) is 36.8 Å². The van der Waals surface area contributed by atoms with E-state index in [2.05, 4.69) is 15.6 Å². The number of halogens is 2. The highest BCUT2D eigenvalue weighted by Gasteiger charge is 2.68. The van der Waals surface area contributed by atoms with Crippen LogP contribution in [0.25, 0.3) is 0 Å². The SMILES string of the molecule is C[C@@]1(C(=O)NC(=S)Nc2nc3c(s2)CCCC3)CC1(Cl)Cl. The van der Waals surface area contributed by atoms with E-state index in [0.29, 0.717) is 6.42 Å². The molecule has 1 fully saturated rings. The summed E-state index contributed by atoms with van der Waals surface area (Å²) in [7, 11) is 0. The lowest BCUT2D eigenvalue weighted by Crippen LogP contribution is -2.40. The van der Waals surface area contributed by atoms with Gasteiger partial charge in [-0.05, 0) is 51.2 Å². The van der Waals surface area contributed by atoms with Crippen molar-refractivity contribution in [3.63, 3.8) is 0 Å². The van der Waals surface area contributed by atoms with Gasteiger partial charge in [0, 0.05) is 4.88 Å². The first-order valence-electron chi connectivity index (χ1n) is 6.81.